The Labute approximate surface area is 124 Å². The van der Waals surface area contributed by atoms with E-state index < -0.39 is 11.5 Å². The van der Waals surface area contributed by atoms with Crippen molar-refractivity contribution in [3.05, 3.63) is 30.3 Å². The Morgan fingerprint density at radius 1 is 1.20 bits per heavy atom. The number of rotatable bonds is 8. The molecule has 1 amide bonds. The molecular weight excluding hydrogens is 274 g/mol. The van der Waals surface area contributed by atoms with E-state index in [2.05, 4.69) is 5.32 Å². The Hall–Kier alpha value is -1.49. The van der Waals surface area contributed by atoms with Gasteiger partial charge in [0.05, 0.1) is 0 Å². The lowest BCUT2D eigenvalue weighted by Gasteiger charge is -2.25. The fourth-order valence-corrected chi connectivity index (χ4v) is 2.57. The molecule has 0 saturated carbocycles. The molecule has 0 fully saturated rings. The number of nitrogens with one attached hydrogen (secondary N) is 1. The van der Waals surface area contributed by atoms with Crippen molar-refractivity contribution in [3.8, 4) is 0 Å². The summed E-state index contributed by atoms with van der Waals surface area (Å²) in [7, 11) is 0. The lowest BCUT2D eigenvalue weighted by atomic mass is 9.98. The molecule has 110 valence electrons. The molecule has 4 nitrogen and oxygen atoms in total. The summed E-state index contributed by atoms with van der Waals surface area (Å²) in [5.74, 6) is -0.166. The van der Waals surface area contributed by atoms with Gasteiger partial charge in [-0.1, -0.05) is 18.2 Å². The smallest absolute Gasteiger partial charge is 0.303 e. The Morgan fingerprint density at radius 3 is 2.45 bits per heavy atom. The molecule has 20 heavy (non-hydrogen) atoms. The first-order chi connectivity index (χ1) is 9.39. The van der Waals surface area contributed by atoms with E-state index in [0.29, 0.717) is 18.6 Å². The van der Waals surface area contributed by atoms with Gasteiger partial charge in [-0.3, -0.25) is 9.59 Å². The first-order valence-electron chi connectivity index (χ1n) is 6.60. The maximum atomic E-state index is 11.8. The van der Waals surface area contributed by atoms with Crippen LogP contribution in [0.15, 0.2) is 35.2 Å². The van der Waals surface area contributed by atoms with Gasteiger partial charge in [-0.15, -0.1) is 11.8 Å². The number of hydrogen-bond donors (Lipinski definition) is 2. The molecule has 0 spiro atoms. The highest BCUT2D eigenvalue weighted by atomic mass is 32.2. The number of hydrogen-bond acceptors (Lipinski definition) is 3. The van der Waals surface area contributed by atoms with Gasteiger partial charge in [0.15, 0.2) is 0 Å². The highest BCUT2D eigenvalue weighted by Crippen LogP contribution is 2.18. The predicted molar refractivity (Wildman–Crippen MR) is 80.9 cm³/mol. The number of carbonyl (C=O) groups excluding carboxylic acids is 1. The number of carbonyl (C=O) groups is 2. The molecule has 1 aromatic carbocycles. The van der Waals surface area contributed by atoms with Crippen molar-refractivity contribution in [3.63, 3.8) is 0 Å². The van der Waals surface area contributed by atoms with Crippen LogP contribution in [-0.2, 0) is 9.59 Å². The van der Waals surface area contributed by atoms with Crippen molar-refractivity contribution < 1.29 is 14.7 Å². The quantitative estimate of drug-likeness (QED) is 0.724. The van der Waals surface area contributed by atoms with E-state index in [0.717, 1.165) is 4.90 Å². The van der Waals surface area contributed by atoms with Crippen molar-refractivity contribution in [1.29, 1.82) is 0 Å². The minimum absolute atomic E-state index is 0.0381. The van der Waals surface area contributed by atoms with Crippen molar-refractivity contribution in [1.82, 2.24) is 5.32 Å². The van der Waals surface area contributed by atoms with Crippen molar-refractivity contribution in [2.45, 2.75) is 43.5 Å². The van der Waals surface area contributed by atoms with Crippen LogP contribution >= 0.6 is 11.8 Å². The standard InChI is InChI=1S/C15H21NO3S/c1-15(2,10-8-14(18)19)16-13(17)9-11-20-12-6-4-3-5-7-12/h3-7H,8-11H2,1-2H3,(H,16,17)(H,18,19). The zero-order valence-electron chi connectivity index (χ0n) is 11.9. The first-order valence-corrected chi connectivity index (χ1v) is 7.58. The van der Waals surface area contributed by atoms with Gasteiger partial charge in [0.25, 0.3) is 0 Å². The maximum Gasteiger partial charge on any atom is 0.303 e. The number of amides is 1. The first kappa shape index (κ1) is 16.6. The van der Waals surface area contributed by atoms with Crippen LogP contribution in [-0.4, -0.2) is 28.3 Å². The van der Waals surface area contributed by atoms with Gasteiger partial charge in [0.2, 0.25) is 5.91 Å². The van der Waals surface area contributed by atoms with Gasteiger partial charge in [-0.05, 0) is 32.4 Å². The van der Waals surface area contributed by atoms with Crippen LogP contribution in [0.4, 0.5) is 0 Å². The molecule has 1 aromatic rings. The summed E-state index contributed by atoms with van der Waals surface area (Å²) in [6.07, 6.45) is 0.919. The second-order valence-electron chi connectivity index (χ2n) is 5.24. The molecule has 2 N–H and O–H groups in total. The average Bonchev–Trinajstić information content (AvgIpc) is 2.37. The molecule has 0 bridgehead atoms. The Kier molecular flexibility index (Phi) is 6.58. The summed E-state index contributed by atoms with van der Waals surface area (Å²) in [5, 5.41) is 11.5. The molecule has 0 aliphatic rings. The zero-order chi connectivity index (χ0) is 15.0. The molecule has 0 saturated heterocycles. The third-order valence-corrected chi connectivity index (χ3v) is 3.80. The molecule has 0 aromatic heterocycles. The van der Waals surface area contributed by atoms with Gasteiger partial charge >= 0.3 is 5.97 Å². The van der Waals surface area contributed by atoms with Gasteiger partial charge in [0.1, 0.15) is 0 Å². The topological polar surface area (TPSA) is 66.4 Å². The van der Waals surface area contributed by atoms with E-state index in [9.17, 15) is 9.59 Å². The minimum atomic E-state index is -0.841. The van der Waals surface area contributed by atoms with Gasteiger partial charge in [-0.2, -0.15) is 0 Å². The maximum absolute atomic E-state index is 11.8. The third kappa shape index (κ3) is 7.19. The minimum Gasteiger partial charge on any atom is -0.481 e. The number of carboxylic acid groups (broad SMARTS) is 1. The normalized spacial score (nSPS) is 11.1. The molecule has 0 aliphatic carbocycles. The van der Waals surface area contributed by atoms with Crippen LogP contribution in [0.1, 0.15) is 33.1 Å². The molecule has 0 heterocycles. The van der Waals surface area contributed by atoms with Gasteiger partial charge in [0, 0.05) is 29.0 Å². The van der Waals surface area contributed by atoms with Crippen LogP contribution in [0, 0.1) is 0 Å². The second-order valence-corrected chi connectivity index (χ2v) is 6.41. The van der Waals surface area contributed by atoms with Crippen LogP contribution in [0.5, 0.6) is 0 Å². The van der Waals surface area contributed by atoms with Crippen LogP contribution < -0.4 is 5.32 Å². The summed E-state index contributed by atoms with van der Waals surface area (Å²) in [6, 6.07) is 9.93. The predicted octanol–water partition coefficient (Wildman–Crippen LogP) is 2.93. The van der Waals surface area contributed by atoms with Crippen LogP contribution in [0.2, 0.25) is 0 Å². The van der Waals surface area contributed by atoms with E-state index in [-0.39, 0.29) is 12.3 Å². The van der Waals surface area contributed by atoms with Crippen LogP contribution in [0.25, 0.3) is 0 Å². The van der Waals surface area contributed by atoms with E-state index in [1.807, 2.05) is 44.2 Å². The lowest BCUT2D eigenvalue weighted by molar-refractivity contribution is -0.137. The molecule has 0 unspecified atom stereocenters. The molecule has 0 atom stereocenters. The highest BCUT2D eigenvalue weighted by molar-refractivity contribution is 7.99. The third-order valence-electron chi connectivity index (χ3n) is 2.78. The average molecular weight is 295 g/mol. The second kappa shape index (κ2) is 7.94. The fourth-order valence-electron chi connectivity index (χ4n) is 1.70. The zero-order valence-corrected chi connectivity index (χ0v) is 12.7. The van der Waals surface area contributed by atoms with E-state index in [1.54, 1.807) is 11.8 Å². The van der Waals surface area contributed by atoms with Crippen molar-refractivity contribution in [2.24, 2.45) is 0 Å². The van der Waals surface area contributed by atoms with Crippen LogP contribution in [0.3, 0.4) is 0 Å². The summed E-state index contributed by atoms with van der Waals surface area (Å²) in [4.78, 5) is 23.5. The largest absolute Gasteiger partial charge is 0.481 e. The van der Waals surface area contributed by atoms with E-state index in [1.165, 1.54) is 0 Å². The molecule has 0 radical (unpaired) electrons. The summed E-state index contributed by atoms with van der Waals surface area (Å²) < 4.78 is 0. The number of carboxylic acids is 1. The summed E-state index contributed by atoms with van der Waals surface area (Å²) in [6.45, 7) is 3.69. The van der Waals surface area contributed by atoms with Crippen molar-refractivity contribution >= 4 is 23.6 Å². The fraction of sp³-hybridized carbons (Fsp3) is 0.467. The van der Waals surface area contributed by atoms with Gasteiger partial charge < -0.3 is 10.4 Å². The highest BCUT2D eigenvalue weighted by Gasteiger charge is 2.21. The van der Waals surface area contributed by atoms with E-state index >= 15 is 0 Å². The molecular formula is C15H21NO3S. The lowest BCUT2D eigenvalue weighted by Crippen LogP contribution is -2.43. The Balaban J connectivity index is 2.27. The van der Waals surface area contributed by atoms with Crippen molar-refractivity contribution in [2.75, 3.05) is 5.75 Å². The molecule has 0 aliphatic heterocycles. The number of thioether (sulfide) groups is 1. The molecule has 1 rings (SSSR count). The number of aliphatic carboxylic acids is 1. The Morgan fingerprint density at radius 2 is 1.85 bits per heavy atom. The summed E-state index contributed by atoms with van der Waals surface area (Å²) >= 11 is 1.64. The monoisotopic (exact) mass is 295 g/mol. The summed E-state index contributed by atoms with van der Waals surface area (Å²) in [5.41, 5.74) is -0.479. The SMILES string of the molecule is CC(C)(CCC(=O)O)NC(=O)CCSc1ccccc1. The van der Waals surface area contributed by atoms with E-state index in [4.69, 9.17) is 5.11 Å². The number of benzene rings is 1. The Bertz CT molecular complexity index is 446. The molecule has 5 heteroatoms. The van der Waals surface area contributed by atoms with Gasteiger partial charge in [-0.25, -0.2) is 0 Å².